The molecule has 0 aliphatic heterocycles. The van der Waals surface area contributed by atoms with Crippen LogP contribution in [0, 0.1) is 5.92 Å². The van der Waals surface area contributed by atoms with Gasteiger partial charge in [0.25, 0.3) is 0 Å². The summed E-state index contributed by atoms with van der Waals surface area (Å²) in [6.07, 6.45) is 3.88. The minimum atomic E-state index is 0.608. The Balaban J connectivity index is 1.96. The number of nitrogens with one attached hydrogen (secondary N) is 1. The van der Waals surface area contributed by atoms with E-state index in [1.54, 1.807) is 0 Å². The fourth-order valence-corrected chi connectivity index (χ4v) is 3.40. The lowest BCUT2D eigenvalue weighted by Gasteiger charge is -2.23. The van der Waals surface area contributed by atoms with Crippen molar-refractivity contribution in [3.63, 3.8) is 0 Å². The van der Waals surface area contributed by atoms with Crippen molar-refractivity contribution in [2.45, 2.75) is 52.2 Å². The molecule has 1 aromatic rings. The van der Waals surface area contributed by atoms with Gasteiger partial charge >= 0.3 is 0 Å². The van der Waals surface area contributed by atoms with Gasteiger partial charge in [0.05, 0.1) is 0 Å². The van der Waals surface area contributed by atoms with Gasteiger partial charge in [0.1, 0.15) is 0 Å². The monoisotopic (exact) mass is 289 g/mol. The van der Waals surface area contributed by atoms with E-state index in [-0.39, 0.29) is 0 Å². The van der Waals surface area contributed by atoms with Crippen LogP contribution in [0.5, 0.6) is 0 Å². The standard InChI is InChI=1S/C18H31N3/c1-3-21(4-2)14-17-9-6-5-8-16(17)13-20-18-11-7-10-15(18)12-19/h5-6,8-9,15,18,20H,3-4,7,10-14,19H2,1-2H3. The third kappa shape index (κ3) is 4.53. The zero-order valence-electron chi connectivity index (χ0n) is 13.6. The van der Waals surface area contributed by atoms with E-state index < -0.39 is 0 Å². The van der Waals surface area contributed by atoms with E-state index in [9.17, 15) is 0 Å². The molecule has 3 heteroatoms. The second-order valence-corrected chi connectivity index (χ2v) is 6.14. The summed E-state index contributed by atoms with van der Waals surface area (Å²) in [4.78, 5) is 2.47. The van der Waals surface area contributed by atoms with Crippen molar-refractivity contribution in [2.75, 3.05) is 19.6 Å². The van der Waals surface area contributed by atoms with Crippen LogP contribution in [0.3, 0.4) is 0 Å². The first-order valence-corrected chi connectivity index (χ1v) is 8.51. The Morgan fingerprint density at radius 3 is 2.52 bits per heavy atom. The molecule has 2 rings (SSSR count). The first-order chi connectivity index (χ1) is 10.3. The molecular weight excluding hydrogens is 258 g/mol. The lowest BCUT2D eigenvalue weighted by atomic mass is 10.0. The lowest BCUT2D eigenvalue weighted by Crippen LogP contribution is -2.35. The summed E-state index contributed by atoms with van der Waals surface area (Å²) in [5.74, 6) is 0.667. The molecule has 2 atom stereocenters. The molecule has 1 aliphatic rings. The van der Waals surface area contributed by atoms with Crippen molar-refractivity contribution in [1.82, 2.24) is 10.2 Å². The van der Waals surface area contributed by atoms with Gasteiger partial charge in [0.2, 0.25) is 0 Å². The molecule has 0 radical (unpaired) electrons. The van der Waals surface area contributed by atoms with E-state index in [1.807, 2.05) is 0 Å². The molecule has 0 heterocycles. The molecule has 1 fully saturated rings. The summed E-state index contributed by atoms with van der Waals surface area (Å²) in [7, 11) is 0. The van der Waals surface area contributed by atoms with Crippen LogP contribution in [0.25, 0.3) is 0 Å². The predicted octanol–water partition coefficient (Wildman–Crippen LogP) is 2.75. The van der Waals surface area contributed by atoms with Crippen molar-refractivity contribution in [2.24, 2.45) is 11.7 Å². The van der Waals surface area contributed by atoms with Crippen LogP contribution in [0.15, 0.2) is 24.3 Å². The van der Waals surface area contributed by atoms with Crippen molar-refractivity contribution in [3.05, 3.63) is 35.4 Å². The van der Waals surface area contributed by atoms with Crippen molar-refractivity contribution < 1.29 is 0 Å². The smallest absolute Gasteiger partial charge is 0.0236 e. The van der Waals surface area contributed by atoms with Crippen LogP contribution in [0.4, 0.5) is 0 Å². The molecular formula is C18H31N3. The molecule has 0 saturated heterocycles. The third-order valence-electron chi connectivity index (χ3n) is 4.92. The van der Waals surface area contributed by atoms with Crippen LogP contribution in [0.1, 0.15) is 44.2 Å². The molecule has 21 heavy (non-hydrogen) atoms. The average Bonchev–Trinajstić information content (AvgIpc) is 2.99. The van der Waals surface area contributed by atoms with Crippen LogP contribution in [-0.4, -0.2) is 30.6 Å². The summed E-state index contributed by atoms with van der Waals surface area (Å²) in [5.41, 5.74) is 8.77. The molecule has 0 aromatic heterocycles. The quantitative estimate of drug-likeness (QED) is 0.773. The fraction of sp³-hybridized carbons (Fsp3) is 0.667. The Kier molecular flexibility index (Phi) is 6.68. The Labute approximate surface area is 129 Å². The van der Waals surface area contributed by atoms with E-state index >= 15 is 0 Å². The molecule has 1 aliphatic carbocycles. The van der Waals surface area contributed by atoms with E-state index in [4.69, 9.17) is 5.73 Å². The van der Waals surface area contributed by atoms with Crippen LogP contribution < -0.4 is 11.1 Å². The maximum absolute atomic E-state index is 5.88. The Morgan fingerprint density at radius 1 is 1.14 bits per heavy atom. The zero-order valence-corrected chi connectivity index (χ0v) is 13.6. The van der Waals surface area contributed by atoms with Gasteiger partial charge in [0, 0.05) is 19.1 Å². The Morgan fingerprint density at radius 2 is 1.86 bits per heavy atom. The molecule has 2 unspecified atom stereocenters. The number of hydrogen-bond donors (Lipinski definition) is 2. The van der Waals surface area contributed by atoms with Gasteiger partial charge in [-0.05, 0) is 49.5 Å². The number of benzene rings is 1. The maximum atomic E-state index is 5.88. The Bertz CT molecular complexity index is 415. The van der Waals surface area contributed by atoms with Crippen molar-refractivity contribution in [3.8, 4) is 0 Å². The summed E-state index contributed by atoms with van der Waals surface area (Å²) >= 11 is 0. The van der Waals surface area contributed by atoms with Gasteiger partial charge < -0.3 is 11.1 Å². The van der Waals surface area contributed by atoms with Crippen LogP contribution in [0.2, 0.25) is 0 Å². The molecule has 0 amide bonds. The number of rotatable bonds is 8. The largest absolute Gasteiger partial charge is 0.330 e. The summed E-state index contributed by atoms with van der Waals surface area (Å²) in [6, 6.07) is 9.44. The van der Waals surface area contributed by atoms with Gasteiger partial charge in [-0.15, -0.1) is 0 Å². The molecule has 0 bridgehead atoms. The van der Waals surface area contributed by atoms with Gasteiger partial charge in [-0.1, -0.05) is 44.5 Å². The molecule has 3 nitrogen and oxygen atoms in total. The topological polar surface area (TPSA) is 41.3 Å². The average molecular weight is 289 g/mol. The Hall–Kier alpha value is -0.900. The molecule has 1 saturated carbocycles. The van der Waals surface area contributed by atoms with E-state index in [1.165, 1.54) is 30.4 Å². The van der Waals surface area contributed by atoms with Crippen molar-refractivity contribution >= 4 is 0 Å². The highest BCUT2D eigenvalue weighted by Crippen LogP contribution is 2.25. The van der Waals surface area contributed by atoms with Gasteiger partial charge in [-0.25, -0.2) is 0 Å². The number of nitrogens with two attached hydrogens (primary N) is 1. The lowest BCUT2D eigenvalue weighted by molar-refractivity contribution is 0.294. The predicted molar refractivity (Wildman–Crippen MR) is 90.1 cm³/mol. The van der Waals surface area contributed by atoms with E-state index in [0.29, 0.717) is 12.0 Å². The molecule has 118 valence electrons. The summed E-state index contributed by atoms with van der Waals surface area (Å²) in [5, 5.41) is 3.75. The maximum Gasteiger partial charge on any atom is 0.0236 e. The van der Waals surface area contributed by atoms with Gasteiger partial charge in [0.15, 0.2) is 0 Å². The highest BCUT2D eigenvalue weighted by Gasteiger charge is 2.25. The highest BCUT2D eigenvalue weighted by molar-refractivity contribution is 5.27. The molecule has 0 spiro atoms. The van der Waals surface area contributed by atoms with Gasteiger partial charge in [-0.2, -0.15) is 0 Å². The fourth-order valence-electron chi connectivity index (χ4n) is 3.40. The summed E-state index contributed by atoms with van der Waals surface area (Å²) < 4.78 is 0. The van der Waals surface area contributed by atoms with E-state index in [0.717, 1.165) is 32.7 Å². The minimum absolute atomic E-state index is 0.608. The molecule has 1 aromatic carbocycles. The van der Waals surface area contributed by atoms with Crippen LogP contribution in [-0.2, 0) is 13.1 Å². The normalized spacial score (nSPS) is 22.1. The molecule has 3 N–H and O–H groups in total. The van der Waals surface area contributed by atoms with Crippen LogP contribution >= 0.6 is 0 Å². The van der Waals surface area contributed by atoms with E-state index in [2.05, 4.69) is 48.3 Å². The first-order valence-electron chi connectivity index (χ1n) is 8.51. The van der Waals surface area contributed by atoms with Crippen molar-refractivity contribution in [1.29, 1.82) is 0 Å². The third-order valence-corrected chi connectivity index (χ3v) is 4.92. The highest BCUT2D eigenvalue weighted by atomic mass is 15.1. The van der Waals surface area contributed by atoms with Gasteiger partial charge in [-0.3, -0.25) is 4.90 Å². The zero-order chi connectivity index (χ0) is 15.1. The minimum Gasteiger partial charge on any atom is -0.330 e. The first kappa shape index (κ1) is 16.5. The number of nitrogens with zero attached hydrogens (tertiary/aromatic N) is 1. The second-order valence-electron chi connectivity index (χ2n) is 6.14. The SMILES string of the molecule is CCN(CC)Cc1ccccc1CNC1CCCC1CN. The summed E-state index contributed by atoms with van der Waals surface area (Å²) in [6.45, 7) is 9.52. The number of hydrogen-bond acceptors (Lipinski definition) is 3. The second kappa shape index (κ2) is 8.52.